The lowest BCUT2D eigenvalue weighted by Crippen LogP contribution is -2.27. The Labute approximate surface area is 203 Å². The Bertz CT molecular complexity index is 1080. The Morgan fingerprint density at radius 2 is 1.82 bits per heavy atom. The summed E-state index contributed by atoms with van der Waals surface area (Å²) >= 11 is 12.7. The van der Waals surface area contributed by atoms with Gasteiger partial charge in [0.05, 0.1) is 22.2 Å². The van der Waals surface area contributed by atoms with Crippen LogP contribution in [0.2, 0.25) is 10.0 Å². The van der Waals surface area contributed by atoms with E-state index in [0.717, 1.165) is 23.8 Å². The first-order valence-electron chi connectivity index (χ1n) is 10.9. The van der Waals surface area contributed by atoms with Crippen LogP contribution in [-0.2, 0) is 11.3 Å². The van der Waals surface area contributed by atoms with Crippen LogP contribution in [0.25, 0.3) is 0 Å². The number of nitrogens with zero attached hydrogens (tertiary/aromatic N) is 2. The van der Waals surface area contributed by atoms with E-state index in [2.05, 4.69) is 6.92 Å². The summed E-state index contributed by atoms with van der Waals surface area (Å²) in [5.41, 5.74) is -0.815. The normalized spacial score (nSPS) is 10.8. The minimum Gasteiger partial charge on any atom is -0.494 e. The van der Waals surface area contributed by atoms with Crippen molar-refractivity contribution < 1.29 is 19.4 Å². The number of rotatable bonds is 12. The first kappa shape index (κ1) is 26.7. The summed E-state index contributed by atoms with van der Waals surface area (Å²) in [6, 6.07) is 4.65. The third-order valence-corrected chi connectivity index (χ3v) is 5.72. The van der Waals surface area contributed by atoms with Gasteiger partial charge < -0.3 is 14.6 Å². The van der Waals surface area contributed by atoms with Gasteiger partial charge in [-0.1, -0.05) is 43.0 Å². The van der Waals surface area contributed by atoms with E-state index < -0.39 is 17.2 Å². The Kier molecular flexibility index (Phi) is 10.2. The summed E-state index contributed by atoms with van der Waals surface area (Å²) in [5, 5.41) is 20.6. The van der Waals surface area contributed by atoms with Gasteiger partial charge in [0.2, 0.25) is 5.88 Å². The van der Waals surface area contributed by atoms with Crippen LogP contribution in [0, 0.1) is 18.3 Å². The number of aromatic hydroxyl groups is 1. The van der Waals surface area contributed by atoms with Crippen LogP contribution in [-0.4, -0.2) is 35.3 Å². The molecule has 0 aliphatic carbocycles. The van der Waals surface area contributed by atoms with Crippen LogP contribution in [0.1, 0.15) is 66.6 Å². The van der Waals surface area contributed by atoms with E-state index in [1.807, 2.05) is 13.0 Å². The topological polar surface area (TPSA) is 102 Å². The van der Waals surface area contributed by atoms with Gasteiger partial charge in [0.25, 0.3) is 5.56 Å². The first-order chi connectivity index (χ1) is 15.8. The lowest BCUT2D eigenvalue weighted by Gasteiger charge is -2.16. The SMILES string of the molecule is CCCCCOc1c(Cl)cc(C(=O)c2c(C)c(C#N)c(=O)n(CCCOCC)c2O)cc1Cl. The second-order valence-corrected chi connectivity index (χ2v) is 8.29. The number of carbonyl (C=O) groups excluding carboxylic acids is 1. The lowest BCUT2D eigenvalue weighted by atomic mass is 9.97. The Morgan fingerprint density at radius 3 is 2.39 bits per heavy atom. The maximum Gasteiger partial charge on any atom is 0.271 e. The molecule has 7 nitrogen and oxygen atoms in total. The molecule has 0 amide bonds. The van der Waals surface area contributed by atoms with Crippen LogP contribution >= 0.6 is 23.2 Å². The molecule has 178 valence electrons. The summed E-state index contributed by atoms with van der Waals surface area (Å²) < 4.78 is 12.0. The van der Waals surface area contributed by atoms with E-state index in [9.17, 15) is 20.0 Å². The molecule has 0 saturated carbocycles. The van der Waals surface area contributed by atoms with Crippen LogP contribution in [0.3, 0.4) is 0 Å². The highest BCUT2D eigenvalue weighted by atomic mass is 35.5. The maximum absolute atomic E-state index is 13.3. The first-order valence-corrected chi connectivity index (χ1v) is 11.6. The number of aromatic nitrogens is 1. The van der Waals surface area contributed by atoms with Gasteiger partial charge >= 0.3 is 0 Å². The van der Waals surface area contributed by atoms with Crippen molar-refractivity contribution in [2.45, 2.75) is 53.0 Å². The zero-order chi connectivity index (χ0) is 24.5. The predicted octanol–water partition coefficient (Wildman–Crippen LogP) is 5.27. The van der Waals surface area contributed by atoms with Crippen molar-refractivity contribution in [2.24, 2.45) is 0 Å². The molecule has 0 aliphatic rings. The molecule has 0 radical (unpaired) electrons. The minimum atomic E-state index is -0.660. The van der Waals surface area contributed by atoms with Crippen molar-refractivity contribution in [2.75, 3.05) is 19.8 Å². The van der Waals surface area contributed by atoms with Crippen LogP contribution in [0.4, 0.5) is 0 Å². The Hall–Kier alpha value is -2.53. The highest BCUT2D eigenvalue weighted by molar-refractivity contribution is 6.38. The Morgan fingerprint density at radius 1 is 1.15 bits per heavy atom. The smallest absolute Gasteiger partial charge is 0.271 e. The molecular formula is C24H28Cl2N2O5. The molecule has 2 aromatic rings. The van der Waals surface area contributed by atoms with Gasteiger partial charge in [0.1, 0.15) is 11.6 Å². The summed E-state index contributed by atoms with van der Waals surface area (Å²) in [7, 11) is 0. The van der Waals surface area contributed by atoms with Gasteiger partial charge in [0, 0.05) is 25.3 Å². The van der Waals surface area contributed by atoms with Gasteiger partial charge in [0.15, 0.2) is 11.5 Å². The molecule has 33 heavy (non-hydrogen) atoms. The minimum absolute atomic E-state index is 0.0892. The molecule has 9 heteroatoms. The van der Waals surface area contributed by atoms with Crippen molar-refractivity contribution in [3.63, 3.8) is 0 Å². The van der Waals surface area contributed by atoms with Gasteiger partial charge in [-0.3, -0.25) is 14.2 Å². The molecule has 0 aliphatic heterocycles. The fourth-order valence-corrected chi connectivity index (χ4v) is 3.99. The maximum atomic E-state index is 13.3. The predicted molar refractivity (Wildman–Crippen MR) is 128 cm³/mol. The highest BCUT2D eigenvalue weighted by Gasteiger charge is 2.26. The molecule has 0 unspecified atom stereocenters. The van der Waals surface area contributed by atoms with Crippen molar-refractivity contribution in [1.82, 2.24) is 4.57 Å². The van der Waals surface area contributed by atoms with Crippen LogP contribution < -0.4 is 10.3 Å². The largest absolute Gasteiger partial charge is 0.494 e. The number of unbranched alkanes of at least 4 members (excludes halogenated alkanes) is 2. The number of nitriles is 1. The van der Waals surface area contributed by atoms with E-state index in [-0.39, 0.29) is 44.6 Å². The average molecular weight is 495 g/mol. The van der Waals surface area contributed by atoms with Crippen molar-refractivity contribution >= 4 is 29.0 Å². The summed E-state index contributed by atoms with van der Waals surface area (Å²) in [5.74, 6) is -0.836. The number of ether oxygens (including phenoxy) is 2. The summed E-state index contributed by atoms with van der Waals surface area (Å²) in [4.78, 5) is 26.0. The van der Waals surface area contributed by atoms with Crippen molar-refractivity contribution in [1.29, 1.82) is 5.26 Å². The van der Waals surface area contributed by atoms with E-state index in [0.29, 0.717) is 26.2 Å². The fraction of sp³-hybridized carbons (Fsp3) is 0.458. The van der Waals surface area contributed by atoms with E-state index in [1.54, 1.807) is 0 Å². The molecule has 0 spiro atoms. The average Bonchev–Trinajstić information content (AvgIpc) is 2.77. The molecule has 0 atom stereocenters. The molecular weight excluding hydrogens is 467 g/mol. The Balaban J connectivity index is 2.46. The standard InChI is InChI=1S/C24H28Cl2N2O5/c1-4-6-7-11-33-22-18(25)12-16(13-19(22)26)21(29)20-15(3)17(14-27)23(30)28(24(20)31)9-8-10-32-5-2/h12-13,31H,4-11H2,1-3H3. The number of pyridine rings is 1. The summed E-state index contributed by atoms with van der Waals surface area (Å²) in [6.07, 6.45) is 3.31. The number of benzene rings is 1. The number of ketones is 1. The monoisotopic (exact) mass is 494 g/mol. The molecule has 1 aromatic heterocycles. The van der Waals surface area contributed by atoms with E-state index >= 15 is 0 Å². The zero-order valence-corrected chi connectivity index (χ0v) is 20.6. The van der Waals surface area contributed by atoms with Crippen LogP contribution in [0.5, 0.6) is 11.6 Å². The van der Waals surface area contributed by atoms with Crippen LogP contribution in [0.15, 0.2) is 16.9 Å². The molecule has 0 saturated heterocycles. The van der Waals surface area contributed by atoms with Gasteiger partial charge in [-0.25, -0.2) is 0 Å². The number of carbonyl (C=O) groups is 1. The molecule has 2 rings (SSSR count). The van der Waals surface area contributed by atoms with E-state index in [1.165, 1.54) is 19.1 Å². The van der Waals surface area contributed by atoms with Crippen molar-refractivity contribution in [3.8, 4) is 17.7 Å². The third kappa shape index (κ3) is 6.29. The second-order valence-electron chi connectivity index (χ2n) is 7.47. The molecule has 0 bridgehead atoms. The number of hydrogen-bond acceptors (Lipinski definition) is 6. The quantitative estimate of drug-likeness (QED) is 0.318. The summed E-state index contributed by atoms with van der Waals surface area (Å²) in [6.45, 7) is 6.79. The number of halogens is 2. The van der Waals surface area contributed by atoms with Crippen molar-refractivity contribution in [3.05, 3.63) is 54.8 Å². The molecule has 1 N–H and O–H groups in total. The van der Waals surface area contributed by atoms with Gasteiger partial charge in [-0.15, -0.1) is 0 Å². The zero-order valence-electron chi connectivity index (χ0n) is 19.0. The molecule has 1 aromatic carbocycles. The molecule has 1 heterocycles. The highest BCUT2D eigenvalue weighted by Crippen LogP contribution is 2.36. The second kappa shape index (κ2) is 12.6. The fourth-order valence-electron chi connectivity index (χ4n) is 3.40. The van der Waals surface area contributed by atoms with Gasteiger partial charge in [-0.05, 0) is 44.4 Å². The van der Waals surface area contributed by atoms with E-state index in [4.69, 9.17) is 32.7 Å². The third-order valence-electron chi connectivity index (χ3n) is 5.16. The molecule has 0 fully saturated rings. The number of hydrogen-bond donors (Lipinski definition) is 1. The lowest BCUT2D eigenvalue weighted by molar-refractivity contribution is 0.103. The van der Waals surface area contributed by atoms with Gasteiger partial charge in [-0.2, -0.15) is 5.26 Å².